The van der Waals surface area contributed by atoms with Crippen LogP contribution in [0, 0.1) is 0 Å². The van der Waals surface area contributed by atoms with Gasteiger partial charge in [0, 0.05) is 29.5 Å². The smallest absolute Gasteiger partial charge is 0 e. The van der Waals surface area contributed by atoms with Gasteiger partial charge in [-0.2, -0.15) is 9.90 Å². The van der Waals surface area contributed by atoms with Gasteiger partial charge in [-0.05, 0) is 11.0 Å². The van der Waals surface area contributed by atoms with Gasteiger partial charge in [0.2, 0.25) is 0 Å². The van der Waals surface area contributed by atoms with Gasteiger partial charge in [-0.1, -0.05) is 0 Å². The van der Waals surface area contributed by atoms with Gasteiger partial charge in [-0.15, -0.1) is 0 Å². The second-order valence-electron chi connectivity index (χ2n) is 0. The summed E-state index contributed by atoms with van der Waals surface area (Å²) in [6.45, 7) is 0. The molecule has 0 rings (SSSR count). The van der Waals surface area contributed by atoms with Crippen molar-refractivity contribution < 1.29 is 21.1 Å². The summed E-state index contributed by atoms with van der Waals surface area (Å²) in [4.78, 5) is 0. The molecule has 3 radical (unpaired) electrons. The van der Waals surface area contributed by atoms with Crippen molar-refractivity contribution in [3.8, 4) is 0 Å². The van der Waals surface area contributed by atoms with Crippen molar-refractivity contribution in [3.05, 3.63) is 0 Å². The normalized spacial score (nSPS) is 0. The molecule has 0 aromatic heterocycles. The molecule has 0 aliphatic heterocycles. The monoisotopic (exact) mass is 175 g/mol. The van der Waals surface area contributed by atoms with E-state index in [0.717, 1.165) is 0 Å². The molecule has 25 valence electrons. The van der Waals surface area contributed by atoms with Crippen LogP contribution >= 0.6 is 9.90 Å². The predicted octanol–water partition coefficient (Wildman–Crippen LogP) is -1.78. The van der Waals surface area contributed by atoms with Crippen molar-refractivity contribution in [1.82, 2.24) is 0 Å². The maximum Gasteiger partial charge on any atom is 0 e. The van der Waals surface area contributed by atoms with E-state index in [0.29, 0.717) is 0 Å². The number of rotatable bonds is 0. The second kappa shape index (κ2) is 25.9. The quantitative estimate of drug-likeness (QED) is 0.300. The second-order valence-corrected chi connectivity index (χ2v) is 0. The van der Waals surface area contributed by atoms with Crippen LogP contribution < -0.4 is 0 Å². The molecular weight excluding hydrogens is 166 g/mol. The summed E-state index contributed by atoms with van der Waals surface area (Å²) in [7, 11) is 0. The molecular formula is H7BMoPSi. The van der Waals surface area contributed by atoms with Gasteiger partial charge in [0.25, 0.3) is 0 Å². The Balaban J connectivity index is 0. The van der Waals surface area contributed by atoms with Crippen LogP contribution in [0.5, 0.6) is 0 Å². The first-order chi connectivity index (χ1) is 0. The van der Waals surface area contributed by atoms with Crippen LogP contribution in [0.25, 0.3) is 0 Å². The van der Waals surface area contributed by atoms with Crippen molar-refractivity contribution >= 4 is 29.3 Å². The molecule has 0 spiro atoms. The SMILES string of the molecule is P.[B].[Mo].[SiH4]. The molecule has 0 aromatic rings. The summed E-state index contributed by atoms with van der Waals surface area (Å²) in [6.07, 6.45) is 0. The van der Waals surface area contributed by atoms with Crippen molar-refractivity contribution in [1.29, 1.82) is 0 Å². The van der Waals surface area contributed by atoms with Crippen LogP contribution in [0.15, 0.2) is 0 Å². The van der Waals surface area contributed by atoms with E-state index in [1.807, 2.05) is 0 Å². The van der Waals surface area contributed by atoms with Gasteiger partial charge in [-0.25, -0.2) is 0 Å². The van der Waals surface area contributed by atoms with Crippen LogP contribution in [0.2, 0.25) is 0 Å². The molecule has 0 heterocycles. The zero-order valence-electron chi connectivity index (χ0n) is 1.69. The third-order valence-electron chi connectivity index (χ3n) is 0. The van der Waals surface area contributed by atoms with Crippen molar-refractivity contribution in [2.24, 2.45) is 0 Å². The summed E-state index contributed by atoms with van der Waals surface area (Å²) >= 11 is 0. The molecule has 1 unspecified atom stereocenters. The topological polar surface area (TPSA) is 0 Å². The molecule has 0 amide bonds. The molecule has 4 heavy (non-hydrogen) atoms. The minimum absolute atomic E-state index is 0. The van der Waals surface area contributed by atoms with Gasteiger partial charge in [0.1, 0.15) is 0 Å². The van der Waals surface area contributed by atoms with E-state index >= 15 is 0 Å². The fourth-order valence-corrected chi connectivity index (χ4v) is 0. The van der Waals surface area contributed by atoms with Gasteiger partial charge in [0.05, 0.1) is 0 Å². The maximum atomic E-state index is 0. The molecule has 0 N–H and O–H groups in total. The Hall–Kier alpha value is 1.40. The van der Waals surface area contributed by atoms with Gasteiger partial charge < -0.3 is 0 Å². The first kappa shape index (κ1) is 53.3. The zero-order chi connectivity index (χ0) is 0. The van der Waals surface area contributed by atoms with E-state index in [1.54, 1.807) is 0 Å². The Kier molecular flexibility index (Phi) is 346. The molecule has 0 nitrogen and oxygen atoms in total. The molecule has 0 saturated heterocycles. The third kappa shape index (κ3) is 9.99. The van der Waals surface area contributed by atoms with E-state index in [2.05, 4.69) is 0 Å². The molecule has 0 bridgehead atoms. The standard InChI is InChI=1S/B.Mo.H3P.H4Si/h;;1H3;1H4. The Morgan fingerprint density at radius 3 is 1.00 bits per heavy atom. The van der Waals surface area contributed by atoms with E-state index < -0.39 is 0 Å². The van der Waals surface area contributed by atoms with Crippen LogP contribution in [-0.2, 0) is 21.1 Å². The van der Waals surface area contributed by atoms with Crippen LogP contribution in [0.3, 0.4) is 0 Å². The van der Waals surface area contributed by atoms with Gasteiger partial charge in [0.15, 0.2) is 0 Å². The average Bonchev–Trinajstić information content (AvgIpc) is 0. The molecule has 1 atom stereocenters. The van der Waals surface area contributed by atoms with Crippen molar-refractivity contribution in [2.75, 3.05) is 0 Å². The largest absolute Gasteiger partial charge is 0.153 e. The first-order valence-electron chi connectivity index (χ1n) is 0. The van der Waals surface area contributed by atoms with Crippen LogP contribution in [0.4, 0.5) is 0 Å². The number of hydrogen-bond donors (Lipinski definition) is 0. The Morgan fingerprint density at radius 1 is 1.00 bits per heavy atom. The predicted molar refractivity (Wildman–Crippen MR) is 28.2 cm³/mol. The fraction of sp³-hybridized carbons (Fsp3) is 0. The summed E-state index contributed by atoms with van der Waals surface area (Å²) in [5.41, 5.74) is 0. The van der Waals surface area contributed by atoms with Crippen molar-refractivity contribution in [3.63, 3.8) is 0 Å². The Labute approximate surface area is 50.6 Å². The zero-order valence-corrected chi connectivity index (χ0v) is 5.11. The molecule has 0 aromatic carbocycles. The molecule has 4 heteroatoms. The van der Waals surface area contributed by atoms with Crippen LogP contribution in [-0.4, -0.2) is 19.4 Å². The summed E-state index contributed by atoms with van der Waals surface area (Å²) in [6, 6.07) is 0. The Morgan fingerprint density at radius 2 is 1.00 bits per heavy atom. The summed E-state index contributed by atoms with van der Waals surface area (Å²) in [5, 5.41) is 0. The van der Waals surface area contributed by atoms with Gasteiger partial charge >= 0.3 is 0 Å². The minimum atomic E-state index is 0. The summed E-state index contributed by atoms with van der Waals surface area (Å²) < 4.78 is 0. The van der Waals surface area contributed by atoms with E-state index in [9.17, 15) is 0 Å². The van der Waals surface area contributed by atoms with E-state index in [1.165, 1.54) is 0 Å². The van der Waals surface area contributed by atoms with Gasteiger partial charge in [-0.3, -0.25) is 0 Å². The fourth-order valence-electron chi connectivity index (χ4n) is 0. The summed E-state index contributed by atoms with van der Waals surface area (Å²) in [5.74, 6) is 0. The van der Waals surface area contributed by atoms with Crippen molar-refractivity contribution in [2.45, 2.75) is 0 Å². The number of hydrogen-bond acceptors (Lipinski definition) is 0. The molecule has 0 aliphatic rings. The van der Waals surface area contributed by atoms with E-state index in [-0.39, 0.29) is 50.3 Å². The molecule has 0 fully saturated rings. The molecule has 0 aliphatic carbocycles. The first-order valence-corrected chi connectivity index (χ1v) is 0. The van der Waals surface area contributed by atoms with E-state index in [4.69, 9.17) is 0 Å². The Bertz CT molecular complexity index is 8.00. The van der Waals surface area contributed by atoms with Crippen LogP contribution in [0.1, 0.15) is 0 Å². The molecule has 0 saturated carbocycles. The average molecular weight is 173 g/mol. The third-order valence-corrected chi connectivity index (χ3v) is 0. The maximum absolute atomic E-state index is 0. The minimum Gasteiger partial charge on any atom is -0.153 e.